The lowest BCUT2D eigenvalue weighted by atomic mass is 10.2. The molecule has 0 atom stereocenters. The number of carbonyl (C=O) groups excluding carboxylic acids is 1. The van der Waals surface area contributed by atoms with Crippen molar-refractivity contribution < 1.29 is 9.21 Å². The fourth-order valence-electron chi connectivity index (χ4n) is 2.05. The summed E-state index contributed by atoms with van der Waals surface area (Å²) in [7, 11) is 0. The topological polar surface area (TPSA) is 55.1 Å². The van der Waals surface area contributed by atoms with Crippen LogP contribution in [-0.4, -0.2) is 10.9 Å². The lowest BCUT2D eigenvalue weighted by Gasteiger charge is -2.04. The molecule has 1 amide bonds. The molecule has 0 saturated carbocycles. The number of amides is 1. The molecule has 1 N–H and O–H groups in total. The molecule has 3 rings (SSSR count). The first-order chi connectivity index (χ1) is 10.6. The van der Waals surface area contributed by atoms with Crippen molar-refractivity contribution in [3.63, 3.8) is 0 Å². The van der Waals surface area contributed by atoms with Gasteiger partial charge in [0.05, 0.1) is 4.88 Å². The van der Waals surface area contributed by atoms with Gasteiger partial charge in [0, 0.05) is 16.4 Å². The number of oxazole rings is 1. The summed E-state index contributed by atoms with van der Waals surface area (Å²) >= 11 is 7.49. The first kappa shape index (κ1) is 14.8. The fraction of sp³-hybridized carbons (Fsp3) is 0.125. The smallest absolute Gasteiger partial charge is 0.274 e. The molecule has 0 fully saturated rings. The molecule has 112 valence electrons. The molecule has 1 aromatic carbocycles. The lowest BCUT2D eigenvalue weighted by Crippen LogP contribution is -2.23. The van der Waals surface area contributed by atoms with E-state index in [1.165, 1.54) is 6.39 Å². The Morgan fingerprint density at radius 2 is 2.23 bits per heavy atom. The average molecular weight is 333 g/mol. The zero-order valence-corrected chi connectivity index (χ0v) is 13.4. The van der Waals surface area contributed by atoms with Gasteiger partial charge < -0.3 is 9.73 Å². The largest absolute Gasteiger partial charge is 0.442 e. The number of nitrogens with zero attached hydrogens (tertiary/aromatic N) is 1. The highest BCUT2D eigenvalue weighted by atomic mass is 35.5. The zero-order chi connectivity index (χ0) is 15.5. The summed E-state index contributed by atoms with van der Waals surface area (Å²) in [4.78, 5) is 18.4. The van der Waals surface area contributed by atoms with E-state index in [2.05, 4.69) is 10.3 Å². The van der Waals surface area contributed by atoms with Crippen molar-refractivity contribution in [1.29, 1.82) is 0 Å². The fourth-order valence-corrected chi connectivity index (χ4v) is 3.12. The van der Waals surface area contributed by atoms with E-state index < -0.39 is 0 Å². The standard InChI is InChI=1S/C16H13ClN2O2S/c1-10-5-6-13(22-10)15-14(19-9-21-15)16(20)18-8-11-3-2-4-12(17)7-11/h2-7,9H,8H2,1H3,(H,18,20). The third kappa shape index (κ3) is 3.21. The number of aryl methyl sites for hydroxylation is 1. The first-order valence-electron chi connectivity index (χ1n) is 6.66. The number of hydrogen-bond acceptors (Lipinski definition) is 4. The molecule has 2 heterocycles. The quantitative estimate of drug-likeness (QED) is 0.775. The van der Waals surface area contributed by atoms with Crippen molar-refractivity contribution in [1.82, 2.24) is 10.3 Å². The number of carbonyl (C=O) groups is 1. The second-order valence-corrected chi connectivity index (χ2v) is 6.48. The lowest BCUT2D eigenvalue weighted by molar-refractivity contribution is 0.0947. The Bertz CT molecular complexity index is 810. The van der Waals surface area contributed by atoms with Gasteiger partial charge in [-0.2, -0.15) is 0 Å². The van der Waals surface area contributed by atoms with Gasteiger partial charge in [-0.1, -0.05) is 23.7 Å². The number of nitrogens with one attached hydrogen (secondary N) is 1. The van der Waals surface area contributed by atoms with Crippen LogP contribution in [0.5, 0.6) is 0 Å². The summed E-state index contributed by atoms with van der Waals surface area (Å²) in [6.45, 7) is 2.39. The van der Waals surface area contributed by atoms with Crippen molar-refractivity contribution in [2.24, 2.45) is 0 Å². The maximum absolute atomic E-state index is 12.3. The Morgan fingerprint density at radius 1 is 1.36 bits per heavy atom. The van der Waals surface area contributed by atoms with Crippen LogP contribution in [0.1, 0.15) is 20.9 Å². The van der Waals surface area contributed by atoms with E-state index in [0.717, 1.165) is 15.3 Å². The zero-order valence-electron chi connectivity index (χ0n) is 11.8. The van der Waals surface area contributed by atoms with Crippen LogP contribution in [0.15, 0.2) is 47.2 Å². The van der Waals surface area contributed by atoms with Gasteiger partial charge in [0.1, 0.15) is 0 Å². The second-order valence-electron chi connectivity index (χ2n) is 4.75. The number of thiophene rings is 1. The third-order valence-corrected chi connectivity index (χ3v) is 4.32. The van der Waals surface area contributed by atoms with Crippen molar-refractivity contribution in [3.8, 4) is 10.6 Å². The van der Waals surface area contributed by atoms with Crippen LogP contribution in [0, 0.1) is 6.92 Å². The van der Waals surface area contributed by atoms with E-state index in [4.69, 9.17) is 16.0 Å². The molecule has 0 unspecified atom stereocenters. The van der Waals surface area contributed by atoms with Gasteiger partial charge in [-0.3, -0.25) is 4.79 Å². The number of aromatic nitrogens is 1. The van der Waals surface area contributed by atoms with Gasteiger partial charge in [-0.15, -0.1) is 11.3 Å². The highest BCUT2D eigenvalue weighted by Gasteiger charge is 2.19. The second kappa shape index (κ2) is 6.34. The van der Waals surface area contributed by atoms with Crippen LogP contribution in [0.4, 0.5) is 0 Å². The summed E-state index contributed by atoms with van der Waals surface area (Å²) in [5, 5.41) is 3.47. The number of halogens is 1. The minimum absolute atomic E-state index is 0.269. The summed E-state index contributed by atoms with van der Waals surface area (Å²) in [6, 6.07) is 11.3. The molecule has 0 aliphatic heterocycles. The molecule has 0 saturated heterocycles. The Hall–Kier alpha value is -2.11. The van der Waals surface area contributed by atoms with E-state index in [1.54, 1.807) is 17.4 Å². The van der Waals surface area contributed by atoms with Gasteiger partial charge in [0.25, 0.3) is 5.91 Å². The molecule has 0 radical (unpaired) electrons. The van der Waals surface area contributed by atoms with Crippen molar-refractivity contribution in [2.45, 2.75) is 13.5 Å². The Labute approximate surface area is 136 Å². The number of benzene rings is 1. The van der Waals surface area contributed by atoms with Gasteiger partial charge in [-0.05, 0) is 36.8 Å². The summed E-state index contributed by atoms with van der Waals surface area (Å²) in [6.07, 6.45) is 1.29. The molecule has 0 aliphatic rings. The van der Waals surface area contributed by atoms with Crippen LogP contribution in [0.25, 0.3) is 10.6 Å². The normalized spacial score (nSPS) is 10.6. The van der Waals surface area contributed by atoms with E-state index >= 15 is 0 Å². The number of hydrogen-bond donors (Lipinski definition) is 1. The summed E-state index contributed by atoms with van der Waals surface area (Å²) < 4.78 is 5.37. The minimum atomic E-state index is -0.269. The molecule has 22 heavy (non-hydrogen) atoms. The monoisotopic (exact) mass is 332 g/mol. The highest BCUT2D eigenvalue weighted by Crippen LogP contribution is 2.30. The highest BCUT2D eigenvalue weighted by molar-refractivity contribution is 7.15. The van der Waals surface area contributed by atoms with Crippen LogP contribution in [0.3, 0.4) is 0 Å². The maximum atomic E-state index is 12.3. The Balaban J connectivity index is 1.75. The van der Waals surface area contributed by atoms with Gasteiger partial charge in [0.2, 0.25) is 0 Å². The summed E-state index contributed by atoms with van der Waals surface area (Å²) in [5.74, 6) is 0.233. The van der Waals surface area contributed by atoms with Gasteiger partial charge >= 0.3 is 0 Å². The van der Waals surface area contributed by atoms with Crippen LogP contribution < -0.4 is 5.32 Å². The first-order valence-corrected chi connectivity index (χ1v) is 7.86. The predicted molar refractivity (Wildman–Crippen MR) is 87.2 cm³/mol. The van der Waals surface area contributed by atoms with Crippen molar-refractivity contribution in [2.75, 3.05) is 0 Å². The number of rotatable bonds is 4. The Kier molecular flexibility index (Phi) is 4.27. The predicted octanol–water partition coefficient (Wildman–Crippen LogP) is 4.29. The van der Waals surface area contributed by atoms with Crippen molar-refractivity contribution >= 4 is 28.8 Å². The van der Waals surface area contributed by atoms with E-state index in [0.29, 0.717) is 23.0 Å². The van der Waals surface area contributed by atoms with Crippen LogP contribution >= 0.6 is 22.9 Å². The van der Waals surface area contributed by atoms with E-state index in [9.17, 15) is 4.79 Å². The van der Waals surface area contributed by atoms with Gasteiger partial charge in [-0.25, -0.2) is 4.98 Å². The third-order valence-electron chi connectivity index (χ3n) is 3.09. The molecule has 4 nitrogen and oxygen atoms in total. The maximum Gasteiger partial charge on any atom is 0.274 e. The summed E-state index contributed by atoms with van der Waals surface area (Å²) in [5.41, 5.74) is 1.22. The molecule has 3 aromatic rings. The molecular formula is C16H13ClN2O2S. The van der Waals surface area contributed by atoms with E-state index in [1.807, 2.05) is 37.3 Å². The van der Waals surface area contributed by atoms with Crippen LogP contribution in [-0.2, 0) is 6.54 Å². The van der Waals surface area contributed by atoms with Crippen molar-refractivity contribution in [3.05, 3.63) is 63.9 Å². The Morgan fingerprint density at radius 3 is 2.95 bits per heavy atom. The average Bonchev–Trinajstić information content (AvgIpc) is 3.13. The molecule has 0 bridgehead atoms. The molecule has 6 heteroatoms. The molecule has 0 aliphatic carbocycles. The van der Waals surface area contributed by atoms with E-state index in [-0.39, 0.29) is 5.91 Å². The minimum Gasteiger partial charge on any atom is -0.442 e. The van der Waals surface area contributed by atoms with Gasteiger partial charge in [0.15, 0.2) is 17.8 Å². The molecular weight excluding hydrogens is 320 g/mol. The molecule has 2 aromatic heterocycles. The van der Waals surface area contributed by atoms with Crippen LogP contribution in [0.2, 0.25) is 5.02 Å². The molecule has 0 spiro atoms. The SMILES string of the molecule is Cc1ccc(-c2ocnc2C(=O)NCc2cccc(Cl)c2)s1.